The lowest BCUT2D eigenvalue weighted by Gasteiger charge is -2.00. The van der Waals surface area contributed by atoms with E-state index in [0.29, 0.717) is 23.7 Å². The molecular formula is C14H18N2O4. The summed E-state index contributed by atoms with van der Waals surface area (Å²) in [4.78, 5) is 22.0. The molecule has 0 radical (unpaired) electrons. The van der Waals surface area contributed by atoms with E-state index in [4.69, 9.17) is 9.52 Å². The molecule has 2 rings (SSSR count). The Morgan fingerprint density at radius 2 is 2.20 bits per heavy atom. The minimum Gasteiger partial charge on any atom is -0.481 e. The highest BCUT2D eigenvalue weighted by Gasteiger charge is 2.29. The van der Waals surface area contributed by atoms with Gasteiger partial charge in [-0.1, -0.05) is 0 Å². The molecule has 1 fully saturated rings. The van der Waals surface area contributed by atoms with Gasteiger partial charge < -0.3 is 9.52 Å². The molecular weight excluding hydrogens is 260 g/mol. The predicted octanol–water partition coefficient (Wildman–Crippen LogP) is 1.86. The third-order valence-corrected chi connectivity index (χ3v) is 3.23. The molecule has 6 heteroatoms. The molecule has 1 saturated carbocycles. The van der Waals surface area contributed by atoms with Crippen molar-refractivity contribution >= 4 is 17.6 Å². The van der Waals surface area contributed by atoms with Gasteiger partial charge in [0.1, 0.15) is 11.5 Å². The highest BCUT2D eigenvalue weighted by Crippen LogP contribution is 2.28. The van der Waals surface area contributed by atoms with Gasteiger partial charge in [-0.2, -0.15) is 5.10 Å². The summed E-state index contributed by atoms with van der Waals surface area (Å²) in [7, 11) is 0. The van der Waals surface area contributed by atoms with Crippen LogP contribution in [0, 0.1) is 12.8 Å². The zero-order valence-corrected chi connectivity index (χ0v) is 11.6. The van der Waals surface area contributed by atoms with E-state index in [0.717, 1.165) is 18.4 Å². The van der Waals surface area contributed by atoms with Gasteiger partial charge in [-0.3, -0.25) is 9.59 Å². The summed E-state index contributed by atoms with van der Waals surface area (Å²) in [5.74, 6) is 0.498. The second-order valence-corrected chi connectivity index (χ2v) is 5.02. The molecule has 0 unspecified atom stereocenters. The van der Waals surface area contributed by atoms with Crippen molar-refractivity contribution in [2.45, 2.75) is 39.5 Å². The van der Waals surface area contributed by atoms with Gasteiger partial charge in [-0.05, 0) is 32.8 Å². The van der Waals surface area contributed by atoms with E-state index in [1.807, 2.05) is 0 Å². The largest absolute Gasteiger partial charge is 0.481 e. The molecule has 6 nitrogen and oxygen atoms in total. The minimum absolute atomic E-state index is 0.0288. The molecule has 0 bridgehead atoms. The Balaban J connectivity index is 2.01. The van der Waals surface area contributed by atoms with E-state index >= 15 is 0 Å². The van der Waals surface area contributed by atoms with Gasteiger partial charge in [0.25, 0.3) is 0 Å². The Morgan fingerprint density at radius 3 is 2.80 bits per heavy atom. The van der Waals surface area contributed by atoms with E-state index in [2.05, 4.69) is 10.5 Å². The Kier molecular flexibility index (Phi) is 4.22. The summed E-state index contributed by atoms with van der Waals surface area (Å²) >= 11 is 0. The number of hydrazone groups is 1. The van der Waals surface area contributed by atoms with Crippen LogP contribution in [0.15, 0.2) is 15.6 Å². The molecule has 1 amide bonds. The van der Waals surface area contributed by atoms with Crippen molar-refractivity contribution in [3.05, 3.63) is 23.2 Å². The van der Waals surface area contributed by atoms with Gasteiger partial charge >= 0.3 is 5.97 Å². The van der Waals surface area contributed by atoms with Gasteiger partial charge in [-0.15, -0.1) is 0 Å². The summed E-state index contributed by atoms with van der Waals surface area (Å²) in [6.45, 7) is 3.58. The van der Waals surface area contributed by atoms with Crippen LogP contribution in [0.2, 0.25) is 0 Å². The first-order valence-corrected chi connectivity index (χ1v) is 6.63. The molecule has 1 aromatic rings. The summed E-state index contributed by atoms with van der Waals surface area (Å²) in [5, 5.41) is 12.7. The van der Waals surface area contributed by atoms with Crippen LogP contribution >= 0.6 is 0 Å². The van der Waals surface area contributed by atoms with Crippen molar-refractivity contribution in [2.24, 2.45) is 11.0 Å². The van der Waals surface area contributed by atoms with Crippen LogP contribution in [-0.2, 0) is 16.0 Å². The number of carboxylic acid groups (broad SMARTS) is 1. The number of rotatable bonds is 6. The van der Waals surface area contributed by atoms with Crippen LogP contribution in [0.3, 0.4) is 0 Å². The number of carboxylic acids is 1. The lowest BCUT2D eigenvalue weighted by molar-refractivity contribution is -0.137. The zero-order chi connectivity index (χ0) is 14.7. The maximum Gasteiger partial charge on any atom is 0.303 e. The second-order valence-electron chi connectivity index (χ2n) is 5.02. The van der Waals surface area contributed by atoms with E-state index in [1.165, 1.54) is 0 Å². The van der Waals surface area contributed by atoms with E-state index in [9.17, 15) is 9.59 Å². The quantitative estimate of drug-likeness (QED) is 0.613. The van der Waals surface area contributed by atoms with Crippen LogP contribution in [0.1, 0.15) is 43.3 Å². The molecule has 0 aliphatic heterocycles. The Bertz CT molecular complexity index is 556. The zero-order valence-electron chi connectivity index (χ0n) is 11.6. The highest BCUT2D eigenvalue weighted by atomic mass is 16.4. The van der Waals surface area contributed by atoms with Crippen molar-refractivity contribution in [2.75, 3.05) is 0 Å². The average molecular weight is 278 g/mol. The molecule has 1 aromatic heterocycles. The lowest BCUT2D eigenvalue weighted by Crippen LogP contribution is -2.20. The Labute approximate surface area is 116 Å². The third-order valence-electron chi connectivity index (χ3n) is 3.23. The van der Waals surface area contributed by atoms with Gasteiger partial charge in [-0.25, -0.2) is 5.43 Å². The summed E-state index contributed by atoms with van der Waals surface area (Å²) in [5.41, 5.74) is 3.99. The van der Waals surface area contributed by atoms with Crippen molar-refractivity contribution in [3.63, 3.8) is 0 Å². The SMILES string of the molecule is C/C(=N/NC(=O)C1CC1)c1cc(CCC(=O)O)oc1C. The van der Waals surface area contributed by atoms with Crippen LogP contribution in [0.5, 0.6) is 0 Å². The van der Waals surface area contributed by atoms with E-state index in [-0.39, 0.29) is 18.2 Å². The molecule has 0 aromatic carbocycles. The molecule has 20 heavy (non-hydrogen) atoms. The molecule has 1 aliphatic rings. The summed E-state index contributed by atoms with van der Waals surface area (Å²) in [6, 6.07) is 1.78. The maximum atomic E-state index is 11.5. The average Bonchev–Trinajstić information content (AvgIpc) is 3.17. The summed E-state index contributed by atoms with van der Waals surface area (Å²) in [6.07, 6.45) is 2.24. The third kappa shape index (κ3) is 3.69. The molecule has 1 heterocycles. The first-order chi connectivity index (χ1) is 9.47. The minimum atomic E-state index is -0.859. The number of carbonyl (C=O) groups excluding carboxylic acids is 1. The Hall–Kier alpha value is -2.11. The van der Waals surface area contributed by atoms with Crippen LogP contribution in [0.25, 0.3) is 0 Å². The van der Waals surface area contributed by atoms with E-state index in [1.54, 1.807) is 19.9 Å². The number of furan rings is 1. The van der Waals surface area contributed by atoms with Crippen LogP contribution < -0.4 is 5.43 Å². The fourth-order valence-electron chi connectivity index (χ4n) is 1.89. The number of aryl methyl sites for hydroxylation is 2. The number of nitrogens with one attached hydrogen (secondary N) is 1. The van der Waals surface area contributed by atoms with Gasteiger partial charge in [0.05, 0.1) is 12.1 Å². The highest BCUT2D eigenvalue weighted by molar-refractivity contribution is 6.00. The van der Waals surface area contributed by atoms with Crippen LogP contribution in [0.4, 0.5) is 0 Å². The van der Waals surface area contributed by atoms with Crippen molar-refractivity contribution in [1.29, 1.82) is 0 Å². The number of carbonyl (C=O) groups is 2. The standard InChI is InChI=1S/C14H18N2O4/c1-8(15-16-14(19)10-3-4-10)12-7-11(20-9(12)2)5-6-13(17)18/h7,10H,3-6H2,1-2H3,(H,16,19)(H,17,18)/b15-8-. The predicted molar refractivity (Wildman–Crippen MR) is 72.5 cm³/mol. The second kappa shape index (κ2) is 5.90. The van der Waals surface area contributed by atoms with Gasteiger partial charge in [0.2, 0.25) is 5.91 Å². The Morgan fingerprint density at radius 1 is 1.50 bits per heavy atom. The number of hydrogen-bond donors (Lipinski definition) is 2. The topological polar surface area (TPSA) is 91.9 Å². The first-order valence-electron chi connectivity index (χ1n) is 6.63. The maximum absolute atomic E-state index is 11.5. The van der Waals surface area contributed by atoms with Crippen molar-refractivity contribution in [1.82, 2.24) is 5.43 Å². The van der Waals surface area contributed by atoms with Crippen LogP contribution in [-0.4, -0.2) is 22.7 Å². The first kappa shape index (κ1) is 14.3. The van der Waals surface area contributed by atoms with Crippen molar-refractivity contribution in [3.8, 4) is 0 Å². The molecule has 0 atom stereocenters. The number of nitrogens with zero attached hydrogens (tertiary/aromatic N) is 1. The fourth-order valence-corrected chi connectivity index (χ4v) is 1.89. The summed E-state index contributed by atoms with van der Waals surface area (Å²) < 4.78 is 5.50. The molecule has 108 valence electrons. The monoisotopic (exact) mass is 278 g/mol. The van der Waals surface area contributed by atoms with E-state index < -0.39 is 5.97 Å². The molecule has 2 N–H and O–H groups in total. The lowest BCUT2D eigenvalue weighted by atomic mass is 10.1. The van der Waals surface area contributed by atoms with Gasteiger partial charge in [0, 0.05) is 17.9 Å². The van der Waals surface area contributed by atoms with Gasteiger partial charge in [0.15, 0.2) is 0 Å². The normalized spacial score (nSPS) is 15.2. The smallest absolute Gasteiger partial charge is 0.303 e. The number of hydrogen-bond acceptors (Lipinski definition) is 4. The molecule has 1 aliphatic carbocycles. The molecule has 0 saturated heterocycles. The number of aliphatic carboxylic acids is 1. The molecule has 0 spiro atoms. The number of amides is 1. The fraction of sp³-hybridized carbons (Fsp3) is 0.500. The van der Waals surface area contributed by atoms with Crippen molar-refractivity contribution < 1.29 is 19.1 Å².